The lowest BCUT2D eigenvalue weighted by molar-refractivity contribution is -0.138. The smallest absolute Gasteiger partial charge is 0.305 e. The first-order chi connectivity index (χ1) is 8.56. The van der Waals surface area contributed by atoms with Crippen molar-refractivity contribution in [2.45, 2.75) is 11.7 Å². The first-order valence-electron chi connectivity index (χ1n) is 5.60. The molecule has 0 radical (unpaired) electrons. The molecule has 0 aromatic heterocycles. The molecule has 1 amide bonds. The molecule has 0 spiro atoms. The molecule has 98 valence electrons. The summed E-state index contributed by atoms with van der Waals surface area (Å²) in [6, 6.07) is 9.50. The van der Waals surface area contributed by atoms with E-state index >= 15 is 0 Å². The third-order valence-electron chi connectivity index (χ3n) is 2.60. The molecule has 0 fully saturated rings. The molecule has 1 atom stereocenters. The van der Waals surface area contributed by atoms with Crippen LogP contribution >= 0.6 is 11.8 Å². The van der Waals surface area contributed by atoms with E-state index in [2.05, 4.69) is 0 Å². The van der Waals surface area contributed by atoms with Gasteiger partial charge in [-0.2, -0.15) is 0 Å². The van der Waals surface area contributed by atoms with Crippen LogP contribution in [0.2, 0.25) is 0 Å². The monoisotopic (exact) mass is 267 g/mol. The molecule has 5 heteroatoms. The summed E-state index contributed by atoms with van der Waals surface area (Å²) in [5, 5.41) is 8.34. The Kier molecular flexibility index (Phi) is 5.71. The highest BCUT2D eigenvalue weighted by Crippen LogP contribution is 2.28. The largest absolute Gasteiger partial charge is 0.481 e. The van der Waals surface area contributed by atoms with Gasteiger partial charge < -0.3 is 10.0 Å². The fraction of sp³-hybridized carbons (Fsp3) is 0.385. The molecule has 1 aromatic rings. The minimum absolute atomic E-state index is 0.0296. The highest BCUT2D eigenvalue weighted by Gasteiger charge is 2.22. The van der Waals surface area contributed by atoms with Gasteiger partial charge in [0.25, 0.3) is 0 Å². The van der Waals surface area contributed by atoms with E-state index in [0.29, 0.717) is 0 Å². The van der Waals surface area contributed by atoms with Crippen molar-refractivity contribution >= 4 is 23.6 Å². The van der Waals surface area contributed by atoms with Gasteiger partial charge in [0, 0.05) is 13.6 Å². The lowest BCUT2D eigenvalue weighted by Crippen LogP contribution is -2.32. The van der Waals surface area contributed by atoms with Crippen molar-refractivity contribution in [2.75, 3.05) is 19.8 Å². The number of aliphatic carboxylic acids is 1. The van der Waals surface area contributed by atoms with E-state index in [-0.39, 0.29) is 24.1 Å². The summed E-state index contributed by atoms with van der Waals surface area (Å²) in [6.07, 6.45) is 1.85. The summed E-state index contributed by atoms with van der Waals surface area (Å²) in [5.74, 6) is -0.954. The fourth-order valence-electron chi connectivity index (χ4n) is 1.58. The van der Waals surface area contributed by atoms with Gasteiger partial charge in [0.15, 0.2) is 0 Å². The number of hydrogen-bond donors (Lipinski definition) is 1. The van der Waals surface area contributed by atoms with E-state index < -0.39 is 5.97 Å². The summed E-state index contributed by atoms with van der Waals surface area (Å²) in [7, 11) is 1.64. The van der Waals surface area contributed by atoms with Crippen molar-refractivity contribution in [1.29, 1.82) is 0 Å². The van der Waals surface area contributed by atoms with E-state index in [1.54, 1.807) is 7.05 Å². The average molecular weight is 267 g/mol. The van der Waals surface area contributed by atoms with Crippen LogP contribution in [0.4, 0.5) is 0 Å². The SMILES string of the molecule is CSC(C(=O)N(C)CCC(=O)O)c1ccccc1. The Morgan fingerprint density at radius 2 is 1.94 bits per heavy atom. The number of carboxylic acid groups (broad SMARTS) is 1. The van der Waals surface area contributed by atoms with Crippen molar-refractivity contribution in [3.05, 3.63) is 35.9 Å². The molecule has 0 aliphatic rings. The predicted molar refractivity (Wildman–Crippen MR) is 72.6 cm³/mol. The standard InChI is InChI=1S/C13H17NO3S/c1-14(9-8-11(15)16)13(17)12(18-2)10-6-4-3-5-7-10/h3-7,12H,8-9H2,1-2H3,(H,15,16). The number of nitrogens with zero attached hydrogens (tertiary/aromatic N) is 1. The molecule has 0 aliphatic heterocycles. The second kappa shape index (κ2) is 7.06. The Balaban J connectivity index is 2.71. The molecule has 1 aromatic carbocycles. The van der Waals surface area contributed by atoms with Gasteiger partial charge in [-0.3, -0.25) is 9.59 Å². The highest BCUT2D eigenvalue weighted by molar-refractivity contribution is 7.99. The average Bonchev–Trinajstić information content (AvgIpc) is 2.38. The Bertz CT molecular complexity index is 408. The van der Waals surface area contributed by atoms with Crippen LogP contribution in [0.3, 0.4) is 0 Å². The summed E-state index contributed by atoms with van der Waals surface area (Å²) in [4.78, 5) is 24.2. The molecule has 1 rings (SSSR count). The van der Waals surface area contributed by atoms with Gasteiger partial charge in [0.05, 0.1) is 6.42 Å². The zero-order valence-corrected chi connectivity index (χ0v) is 11.3. The van der Waals surface area contributed by atoms with Crippen LogP contribution in [0, 0.1) is 0 Å². The van der Waals surface area contributed by atoms with Crippen molar-refractivity contribution in [1.82, 2.24) is 4.90 Å². The fourth-order valence-corrected chi connectivity index (χ4v) is 2.39. The second-order valence-corrected chi connectivity index (χ2v) is 4.87. The number of carbonyl (C=O) groups is 2. The highest BCUT2D eigenvalue weighted by atomic mass is 32.2. The minimum Gasteiger partial charge on any atom is -0.481 e. The molecule has 0 saturated heterocycles. The summed E-state index contributed by atoms with van der Waals surface area (Å²) in [5.41, 5.74) is 0.942. The van der Waals surface area contributed by atoms with E-state index in [1.165, 1.54) is 16.7 Å². The topological polar surface area (TPSA) is 57.6 Å². The number of amides is 1. The van der Waals surface area contributed by atoms with E-state index in [9.17, 15) is 9.59 Å². The van der Waals surface area contributed by atoms with Crippen LogP contribution in [-0.2, 0) is 9.59 Å². The van der Waals surface area contributed by atoms with Gasteiger partial charge in [0.1, 0.15) is 5.25 Å². The molecule has 1 unspecified atom stereocenters. The van der Waals surface area contributed by atoms with Gasteiger partial charge in [-0.15, -0.1) is 11.8 Å². The molecule has 0 aliphatic carbocycles. The maximum Gasteiger partial charge on any atom is 0.305 e. The molecule has 1 N–H and O–H groups in total. The number of benzene rings is 1. The van der Waals surface area contributed by atoms with Crippen LogP contribution in [-0.4, -0.2) is 41.7 Å². The quantitative estimate of drug-likeness (QED) is 0.856. The molecule has 0 saturated carbocycles. The van der Waals surface area contributed by atoms with Crippen LogP contribution < -0.4 is 0 Å². The normalized spacial score (nSPS) is 11.9. The summed E-state index contributed by atoms with van der Waals surface area (Å²) >= 11 is 1.46. The van der Waals surface area contributed by atoms with Crippen LogP contribution in [0.25, 0.3) is 0 Å². The number of rotatable bonds is 6. The van der Waals surface area contributed by atoms with Gasteiger partial charge in [-0.25, -0.2) is 0 Å². The maximum absolute atomic E-state index is 12.2. The molecular weight excluding hydrogens is 250 g/mol. The summed E-state index contributed by atoms with van der Waals surface area (Å²) < 4.78 is 0. The van der Waals surface area contributed by atoms with Crippen molar-refractivity contribution < 1.29 is 14.7 Å². The maximum atomic E-state index is 12.2. The Labute approximate surface area is 111 Å². The lowest BCUT2D eigenvalue weighted by atomic mass is 10.1. The second-order valence-electron chi connectivity index (χ2n) is 3.93. The van der Waals surface area contributed by atoms with Crippen LogP contribution in [0.1, 0.15) is 17.2 Å². The number of carbonyl (C=O) groups excluding carboxylic acids is 1. The number of likely N-dealkylation sites (N-methyl/N-ethyl adjacent to an activating group) is 1. The van der Waals surface area contributed by atoms with E-state index in [4.69, 9.17) is 5.11 Å². The number of carboxylic acids is 1. The van der Waals surface area contributed by atoms with Crippen LogP contribution in [0.15, 0.2) is 30.3 Å². The number of thioether (sulfide) groups is 1. The van der Waals surface area contributed by atoms with Crippen molar-refractivity contribution in [3.8, 4) is 0 Å². The molecule has 0 heterocycles. The third-order valence-corrected chi connectivity index (χ3v) is 3.54. The zero-order chi connectivity index (χ0) is 13.5. The van der Waals surface area contributed by atoms with Gasteiger partial charge in [-0.05, 0) is 11.8 Å². The first kappa shape index (κ1) is 14.6. The first-order valence-corrected chi connectivity index (χ1v) is 6.89. The third kappa shape index (κ3) is 4.07. The van der Waals surface area contributed by atoms with Crippen molar-refractivity contribution in [2.24, 2.45) is 0 Å². The molecule has 18 heavy (non-hydrogen) atoms. The van der Waals surface area contributed by atoms with Gasteiger partial charge >= 0.3 is 5.97 Å². The Morgan fingerprint density at radius 3 is 2.44 bits per heavy atom. The molecular formula is C13H17NO3S. The zero-order valence-electron chi connectivity index (χ0n) is 10.5. The van der Waals surface area contributed by atoms with Gasteiger partial charge in [0.2, 0.25) is 5.91 Å². The minimum atomic E-state index is -0.893. The molecule has 0 bridgehead atoms. The van der Waals surface area contributed by atoms with E-state index in [1.807, 2.05) is 36.6 Å². The Hall–Kier alpha value is -1.49. The van der Waals surface area contributed by atoms with Crippen molar-refractivity contribution in [3.63, 3.8) is 0 Å². The number of hydrogen-bond acceptors (Lipinski definition) is 3. The predicted octanol–water partition coefficient (Wildman–Crippen LogP) is 2.02. The summed E-state index contributed by atoms with van der Waals surface area (Å²) in [6.45, 7) is 0.234. The van der Waals surface area contributed by atoms with Crippen LogP contribution in [0.5, 0.6) is 0 Å². The Morgan fingerprint density at radius 1 is 1.33 bits per heavy atom. The molecule has 4 nitrogen and oxygen atoms in total. The van der Waals surface area contributed by atoms with Gasteiger partial charge in [-0.1, -0.05) is 30.3 Å². The van der Waals surface area contributed by atoms with E-state index in [0.717, 1.165) is 5.56 Å². The lowest BCUT2D eigenvalue weighted by Gasteiger charge is -2.22.